The molecule has 0 radical (unpaired) electrons. The average molecular weight is 503 g/mol. The summed E-state index contributed by atoms with van der Waals surface area (Å²) < 4.78 is 49.8. The number of amides is 1. The number of aliphatic hydroxyl groups is 1. The molecule has 3 aromatic rings. The summed E-state index contributed by atoms with van der Waals surface area (Å²) in [5.41, 5.74) is 1.09. The monoisotopic (exact) mass is 503 g/mol. The third-order valence-electron chi connectivity index (χ3n) is 5.43. The third kappa shape index (κ3) is 6.07. The molecule has 1 aromatic carbocycles. The number of nitrogens with one attached hydrogen (secondary N) is 1. The zero-order valence-electron chi connectivity index (χ0n) is 19.4. The van der Waals surface area contributed by atoms with E-state index in [4.69, 9.17) is 14.6 Å². The number of hydrogen-bond acceptors (Lipinski definition) is 8. The molecule has 1 aliphatic heterocycles. The van der Waals surface area contributed by atoms with Crippen LogP contribution in [0.2, 0.25) is 0 Å². The van der Waals surface area contributed by atoms with Crippen LogP contribution in [0.25, 0.3) is 11.3 Å². The Bertz CT molecular complexity index is 1230. The minimum Gasteiger partial charge on any atom is -0.461 e. The van der Waals surface area contributed by atoms with E-state index in [1.807, 2.05) is 11.8 Å². The van der Waals surface area contributed by atoms with Gasteiger partial charge >= 0.3 is 12.2 Å². The maximum absolute atomic E-state index is 13.0. The van der Waals surface area contributed by atoms with Gasteiger partial charge in [-0.2, -0.15) is 23.1 Å². The predicted molar refractivity (Wildman–Crippen MR) is 125 cm³/mol. The van der Waals surface area contributed by atoms with Crippen molar-refractivity contribution in [1.29, 1.82) is 0 Å². The topological polar surface area (TPSA) is 110 Å². The summed E-state index contributed by atoms with van der Waals surface area (Å²) in [4.78, 5) is 26.9. The van der Waals surface area contributed by atoms with Gasteiger partial charge in [0.05, 0.1) is 25.5 Å². The molecular weight excluding hydrogens is 479 g/mol. The van der Waals surface area contributed by atoms with Crippen molar-refractivity contribution in [3.05, 3.63) is 59.4 Å². The number of ether oxygens (including phenoxy) is 2. The van der Waals surface area contributed by atoms with Crippen molar-refractivity contribution >= 4 is 17.4 Å². The van der Waals surface area contributed by atoms with E-state index in [1.54, 1.807) is 24.3 Å². The van der Waals surface area contributed by atoms with Crippen LogP contribution in [0.15, 0.2) is 42.6 Å². The van der Waals surface area contributed by atoms with Gasteiger partial charge in [0.2, 0.25) is 0 Å². The lowest BCUT2D eigenvalue weighted by molar-refractivity contribution is -0.141. The second-order valence-corrected chi connectivity index (χ2v) is 7.98. The largest absolute Gasteiger partial charge is 0.461 e. The molecule has 12 heteroatoms. The lowest BCUT2D eigenvalue weighted by Gasteiger charge is -2.28. The number of alkyl halides is 3. The SMILES string of the molecule is Cc1ccc(NC(=O)c2ccnc(C(F)(F)F)c2)cc1-c1cc(N2CCOCC2)nc(OCCO)n1. The quantitative estimate of drug-likeness (QED) is 0.506. The summed E-state index contributed by atoms with van der Waals surface area (Å²) in [7, 11) is 0. The van der Waals surface area contributed by atoms with Gasteiger partial charge in [-0.05, 0) is 36.8 Å². The van der Waals surface area contributed by atoms with Crippen LogP contribution < -0.4 is 15.0 Å². The molecule has 1 amide bonds. The smallest absolute Gasteiger partial charge is 0.433 e. The number of aryl methyl sites for hydroxylation is 1. The van der Waals surface area contributed by atoms with Gasteiger partial charge in [0.1, 0.15) is 18.1 Å². The molecule has 0 saturated carbocycles. The molecular formula is C24H24F3N5O4. The Labute approximate surface area is 204 Å². The number of pyridine rings is 1. The molecule has 36 heavy (non-hydrogen) atoms. The molecule has 1 saturated heterocycles. The highest BCUT2D eigenvalue weighted by Gasteiger charge is 2.33. The van der Waals surface area contributed by atoms with Gasteiger partial charge < -0.3 is 24.8 Å². The van der Waals surface area contributed by atoms with Crippen LogP contribution in [0.3, 0.4) is 0 Å². The van der Waals surface area contributed by atoms with Crippen molar-refractivity contribution in [3.63, 3.8) is 0 Å². The highest BCUT2D eigenvalue weighted by atomic mass is 19.4. The molecule has 0 atom stereocenters. The summed E-state index contributed by atoms with van der Waals surface area (Å²) in [6.07, 6.45) is -3.71. The first-order chi connectivity index (χ1) is 17.2. The number of benzene rings is 1. The molecule has 0 aliphatic carbocycles. The Balaban J connectivity index is 1.64. The lowest BCUT2D eigenvalue weighted by atomic mass is 10.0. The number of hydrogen-bond donors (Lipinski definition) is 2. The maximum atomic E-state index is 13.0. The van der Waals surface area contributed by atoms with Crippen molar-refractivity contribution < 1.29 is 32.5 Å². The molecule has 1 aliphatic rings. The third-order valence-corrected chi connectivity index (χ3v) is 5.43. The Hall–Kier alpha value is -3.77. The van der Waals surface area contributed by atoms with E-state index in [2.05, 4.69) is 20.3 Å². The van der Waals surface area contributed by atoms with E-state index >= 15 is 0 Å². The molecule has 0 spiro atoms. The minimum absolute atomic E-state index is 0.0208. The molecule has 1 fully saturated rings. The van der Waals surface area contributed by atoms with Crippen LogP contribution in [-0.4, -0.2) is 65.5 Å². The molecule has 190 valence electrons. The molecule has 3 heterocycles. The van der Waals surface area contributed by atoms with Crippen molar-refractivity contribution in [2.24, 2.45) is 0 Å². The normalized spacial score (nSPS) is 14.0. The number of aliphatic hydroxyl groups excluding tert-OH is 1. The first-order valence-electron chi connectivity index (χ1n) is 11.2. The van der Waals surface area contributed by atoms with E-state index in [9.17, 15) is 18.0 Å². The van der Waals surface area contributed by atoms with E-state index in [0.717, 1.165) is 11.8 Å². The molecule has 0 bridgehead atoms. The summed E-state index contributed by atoms with van der Waals surface area (Å²) in [5, 5.41) is 11.8. The van der Waals surface area contributed by atoms with Crippen LogP contribution in [-0.2, 0) is 10.9 Å². The number of morpholine rings is 1. The number of carbonyl (C=O) groups is 1. The van der Waals surface area contributed by atoms with Crippen LogP contribution >= 0.6 is 0 Å². The summed E-state index contributed by atoms with van der Waals surface area (Å²) in [5.74, 6) is -0.0806. The standard InChI is InChI=1S/C24H24F3N5O4/c1-15-2-3-17(29-22(34)16-4-5-28-20(12-16)24(25,26)27)13-18(15)19-14-21(32-6-9-35-10-7-32)31-23(30-19)36-11-8-33/h2-5,12-14,33H,6-11H2,1H3,(H,29,34). The number of halogens is 3. The van der Waals surface area contributed by atoms with E-state index in [0.29, 0.717) is 55.1 Å². The van der Waals surface area contributed by atoms with Gasteiger partial charge in [0, 0.05) is 42.2 Å². The number of nitrogens with zero attached hydrogens (tertiary/aromatic N) is 4. The summed E-state index contributed by atoms with van der Waals surface area (Å²) in [6.45, 7) is 4.06. The van der Waals surface area contributed by atoms with Gasteiger partial charge in [-0.1, -0.05) is 6.07 Å². The average Bonchev–Trinajstić information content (AvgIpc) is 2.88. The van der Waals surface area contributed by atoms with E-state index in [1.165, 1.54) is 6.07 Å². The van der Waals surface area contributed by atoms with Crippen LogP contribution in [0.5, 0.6) is 6.01 Å². The maximum Gasteiger partial charge on any atom is 0.433 e. The van der Waals surface area contributed by atoms with Gasteiger partial charge in [-0.15, -0.1) is 0 Å². The van der Waals surface area contributed by atoms with Crippen molar-refractivity contribution in [2.45, 2.75) is 13.1 Å². The van der Waals surface area contributed by atoms with Crippen molar-refractivity contribution in [1.82, 2.24) is 15.0 Å². The Morgan fingerprint density at radius 1 is 1.17 bits per heavy atom. The van der Waals surface area contributed by atoms with E-state index in [-0.39, 0.29) is 24.8 Å². The van der Waals surface area contributed by atoms with Crippen molar-refractivity contribution in [2.75, 3.05) is 49.7 Å². The van der Waals surface area contributed by atoms with Crippen LogP contribution in [0, 0.1) is 6.92 Å². The Kier molecular flexibility index (Phi) is 7.65. The van der Waals surface area contributed by atoms with Gasteiger partial charge in [0.15, 0.2) is 0 Å². The Morgan fingerprint density at radius 3 is 2.67 bits per heavy atom. The first-order valence-corrected chi connectivity index (χ1v) is 11.2. The second kappa shape index (κ2) is 10.9. The lowest BCUT2D eigenvalue weighted by Crippen LogP contribution is -2.36. The summed E-state index contributed by atoms with van der Waals surface area (Å²) in [6, 6.07) is 8.90. The number of carbonyl (C=O) groups excluding carboxylic acids is 1. The molecule has 0 unspecified atom stereocenters. The zero-order valence-corrected chi connectivity index (χ0v) is 19.4. The van der Waals surface area contributed by atoms with Gasteiger partial charge in [-0.3, -0.25) is 9.78 Å². The van der Waals surface area contributed by atoms with Crippen LogP contribution in [0.1, 0.15) is 21.6 Å². The molecule has 2 N–H and O–H groups in total. The number of aromatic nitrogens is 3. The highest BCUT2D eigenvalue weighted by Crippen LogP contribution is 2.31. The van der Waals surface area contributed by atoms with Gasteiger partial charge in [0.25, 0.3) is 5.91 Å². The fourth-order valence-corrected chi connectivity index (χ4v) is 3.61. The van der Waals surface area contributed by atoms with Gasteiger partial charge in [-0.25, -0.2) is 0 Å². The first kappa shape index (κ1) is 25.3. The zero-order chi connectivity index (χ0) is 25.7. The van der Waals surface area contributed by atoms with Crippen LogP contribution in [0.4, 0.5) is 24.7 Å². The summed E-state index contributed by atoms with van der Waals surface area (Å²) >= 11 is 0. The highest BCUT2D eigenvalue weighted by molar-refractivity contribution is 6.04. The fraction of sp³-hybridized carbons (Fsp3) is 0.333. The van der Waals surface area contributed by atoms with E-state index < -0.39 is 17.8 Å². The minimum atomic E-state index is -4.66. The van der Waals surface area contributed by atoms with Crippen molar-refractivity contribution in [3.8, 4) is 17.3 Å². The Morgan fingerprint density at radius 2 is 1.94 bits per heavy atom. The predicted octanol–water partition coefficient (Wildman–Crippen LogP) is 3.33. The number of anilines is 2. The molecule has 2 aromatic heterocycles. The second-order valence-electron chi connectivity index (χ2n) is 7.98. The molecule has 4 rings (SSSR count). The molecule has 9 nitrogen and oxygen atoms in total. The number of rotatable bonds is 7. The fourth-order valence-electron chi connectivity index (χ4n) is 3.61.